The van der Waals surface area contributed by atoms with Crippen LogP contribution in [0.3, 0.4) is 0 Å². The molecule has 0 unspecified atom stereocenters. The van der Waals surface area contributed by atoms with Crippen molar-refractivity contribution < 1.29 is 0 Å². The van der Waals surface area contributed by atoms with E-state index < -0.39 is 0 Å². The summed E-state index contributed by atoms with van der Waals surface area (Å²) >= 11 is 0. The highest BCUT2D eigenvalue weighted by molar-refractivity contribution is 5.80. The number of hydrogen-bond donors (Lipinski definition) is 3. The topological polar surface area (TPSA) is 66.7 Å². The molecule has 2 aromatic carbocycles. The van der Waals surface area contributed by atoms with Crippen molar-refractivity contribution in [3.8, 4) is 0 Å². The number of anilines is 2. The van der Waals surface area contributed by atoms with Crippen LogP contribution in [0.15, 0.2) is 42.5 Å². The minimum atomic E-state index is 0.739. The lowest BCUT2D eigenvalue weighted by Gasteiger charge is -2.04. The van der Waals surface area contributed by atoms with Gasteiger partial charge in [-0.3, -0.25) is 0 Å². The molecule has 0 fully saturated rings. The number of benzene rings is 2. The van der Waals surface area contributed by atoms with E-state index >= 15 is 0 Å². The van der Waals surface area contributed by atoms with E-state index in [0.29, 0.717) is 0 Å². The number of nitrogens with zero attached hydrogens (tertiary/aromatic N) is 1. The first-order valence-corrected chi connectivity index (χ1v) is 6.81. The molecule has 0 aliphatic heterocycles. The van der Waals surface area contributed by atoms with E-state index in [1.807, 2.05) is 18.2 Å². The van der Waals surface area contributed by atoms with Gasteiger partial charge in [-0.2, -0.15) is 0 Å². The van der Waals surface area contributed by atoms with Gasteiger partial charge in [0.05, 0.1) is 11.0 Å². The molecule has 0 saturated heterocycles. The molecule has 3 aromatic rings. The third kappa shape index (κ3) is 2.59. The fraction of sp³-hybridized carbons (Fsp3) is 0.188. The Morgan fingerprint density at radius 1 is 1.10 bits per heavy atom. The van der Waals surface area contributed by atoms with Crippen LogP contribution in [-0.2, 0) is 13.0 Å². The van der Waals surface area contributed by atoms with E-state index in [9.17, 15) is 0 Å². The fourth-order valence-corrected chi connectivity index (χ4v) is 2.19. The third-order valence-electron chi connectivity index (χ3n) is 3.40. The molecule has 102 valence electrons. The summed E-state index contributed by atoms with van der Waals surface area (Å²) in [4.78, 5) is 7.71. The maximum absolute atomic E-state index is 5.76. The van der Waals surface area contributed by atoms with Crippen molar-refractivity contribution in [3.05, 3.63) is 53.6 Å². The van der Waals surface area contributed by atoms with Crippen LogP contribution in [-0.4, -0.2) is 9.97 Å². The van der Waals surface area contributed by atoms with E-state index in [-0.39, 0.29) is 0 Å². The van der Waals surface area contributed by atoms with Crippen LogP contribution in [0.1, 0.15) is 18.1 Å². The summed E-state index contributed by atoms with van der Waals surface area (Å²) in [6.45, 7) is 2.91. The zero-order valence-electron chi connectivity index (χ0n) is 11.5. The van der Waals surface area contributed by atoms with Gasteiger partial charge in [-0.05, 0) is 35.7 Å². The quantitative estimate of drug-likeness (QED) is 0.635. The first kappa shape index (κ1) is 12.5. The summed E-state index contributed by atoms with van der Waals surface area (Å²) in [5.41, 5.74) is 11.0. The number of hydrogen-bond acceptors (Lipinski definition) is 3. The standard InChI is InChI=1S/C16H18N4/c1-2-11-3-5-12(6-4-11)10-18-16-19-14-8-7-13(17)9-15(14)20-16/h3-9H,2,10,17H2,1H3,(H2,18,19,20). The molecule has 3 rings (SSSR count). The Balaban J connectivity index is 1.72. The lowest BCUT2D eigenvalue weighted by molar-refractivity contribution is 1.08. The predicted molar refractivity (Wildman–Crippen MR) is 83.7 cm³/mol. The Hall–Kier alpha value is -2.49. The van der Waals surface area contributed by atoms with Crippen molar-refractivity contribution in [3.63, 3.8) is 0 Å². The number of H-pyrrole nitrogens is 1. The van der Waals surface area contributed by atoms with Gasteiger partial charge < -0.3 is 16.0 Å². The maximum Gasteiger partial charge on any atom is 0.201 e. The zero-order valence-corrected chi connectivity index (χ0v) is 11.5. The summed E-state index contributed by atoms with van der Waals surface area (Å²) in [5.74, 6) is 0.769. The number of rotatable bonds is 4. The van der Waals surface area contributed by atoms with Crippen molar-refractivity contribution in [2.24, 2.45) is 0 Å². The molecule has 0 radical (unpaired) electrons. The van der Waals surface area contributed by atoms with Gasteiger partial charge in [0.25, 0.3) is 0 Å². The molecule has 0 aliphatic carbocycles. The second kappa shape index (κ2) is 5.25. The first-order valence-electron chi connectivity index (χ1n) is 6.81. The number of imidazole rings is 1. The van der Waals surface area contributed by atoms with Gasteiger partial charge in [-0.25, -0.2) is 4.98 Å². The second-order valence-electron chi connectivity index (χ2n) is 4.89. The molecule has 1 aromatic heterocycles. The Bertz CT molecular complexity index is 713. The minimum Gasteiger partial charge on any atom is -0.399 e. The van der Waals surface area contributed by atoms with Crippen LogP contribution in [0, 0.1) is 0 Å². The molecule has 4 heteroatoms. The number of aryl methyl sites for hydroxylation is 1. The Labute approximate surface area is 118 Å². The number of nitrogens with two attached hydrogens (primary N) is 1. The Morgan fingerprint density at radius 2 is 1.85 bits per heavy atom. The zero-order chi connectivity index (χ0) is 13.9. The highest BCUT2D eigenvalue weighted by Crippen LogP contribution is 2.17. The van der Waals surface area contributed by atoms with Gasteiger partial charge in [0.1, 0.15) is 0 Å². The molecule has 0 aliphatic rings. The Kier molecular flexibility index (Phi) is 3.29. The molecule has 20 heavy (non-hydrogen) atoms. The van der Waals surface area contributed by atoms with Gasteiger partial charge in [-0.15, -0.1) is 0 Å². The number of aromatic nitrogens is 2. The van der Waals surface area contributed by atoms with Crippen molar-refractivity contribution in [2.45, 2.75) is 19.9 Å². The van der Waals surface area contributed by atoms with Gasteiger partial charge >= 0.3 is 0 Å². The molecule has 0 spiro atoms. The average molecular weight is 266 g/mol. The molecule has 1 heterocycles. The third-order valence-corrected chi connectivity index (χ3v) is 3.40. The van der Waals surface area contributed by atoms with Gasteiger partial charge in [0.2, 0.25) is 5.95 Å². The molecule has 4 N–H and O–H groups in total. The van der Waals surface area contributed by atoms with E-state index in [1.54, 1.807) is 0 Å². The lowest BCUT2D eigenvalue weighted by atomic mass is 10.1. The minimum absolute atomic E-state index is 0.739. The number of nitrogen functional groups attached to an aromatic ring is 1. The summed E-state index contributed by atoms with van der Waals surface area (Å²) in [6, 6.07) is 14.3. The maximum atomic E-state index is 5.76. The normalized spacial score (nSPS) is 10.8. The molecular weight excluding hydrogens is 248 g/mol. The van der Waals surface area contributed by atoms with Crippen LogP contribution in [0.25, 0.3) is 11.0 Å². The first-order chi connectivity index (χ1) is 9.74. The molecule has 0 bridgehead atoms. The van der Waals surface area contributed by atoms with Crippen LogP contribution in [0.2, 0.25) is 0 Å². The van der Waals surface area contributed by atoms with E-state index in [0.717, 1.165) is 35.6 Å². The Morgan fingerprint density at radius 3 is 2.60 bits per heavy atom. The number of aromatic amines is 1. The van der Waals surface area contributed by atoms with Crippen molar-refractivity contribution in [2.75, 3.05) is 11.1 Å². The highest BCUT2D eigenvalue weighted by Gasteiger charge is 2.02. The highest BCUT2D eigenvalue weighted by atomic mass is 15.1. The SMILES string of the molecule is CCc1ccc(CNc2nc3ccc(N)cc3[nH]2)cc1. The van der Waals surface area contributed by atoms with Crippen LogP contribution in [0.4, 0.5) is 11.6 Å². The largest absolute Gasteiger partial charge is 0.399 e. The van der Waals surface area contributed by atoms with E-state index in [2.05, 4.69) is 46.5 Å². The van der Waals surface area contributed by atoms with Gasteiger partial charge in [0.15, 0.2) is 0 Å². The average Bonchev–Trinajstić information content (AvgIpc) is 2.87. The fourth-order valence-electron chi connectivity index (χ4n) is 2.19. The van der Waals surface area contributed by atoms with Gasteiger partial charge in [0, 0.05) is 12.2 Å². The van der Waals surface area contributed by atoms with Crippen molar-refractivity contribution in [1.29, 1.82) is 0 Å². The van der Waals surface area contributed by atoms with Gasteiger partial charge in [-0.1, -0.05) is 31.2 Å². The van der Waals surface area contributed by atoms with Crippen LogP contribution < -0.4 is 11.1 Å². The molecule has 0 saturated carbocycles. The molecular formula is C16H18N4. The molecule has 0 amide bonds. The number of fused-ring (bicyclic) bond motifs is 1. The van der Waals surface area contributed by atoms with Crippen molar-refractivity contribution >= 4 is 22.7 Å². The van der Waals surface area contributed by atoms with Crippen LogP contribution in [0.5, 0.6) is 0 Å². The smallest absolute Gasteiger partial charge is 0.201 e. The van der Waals surface area contributed by atoms with Crippen LogP contribution >= 0.6 is 0 Å². The summed E-state index contributed by atoms with van der Waals surface area (Å²) < 4.78 is 0. The monoisotopic (exact) mass is 266 g/mol. The number of nitrogens with one attached hydrogen (secondary N) is 2. The second-order valence-corrected chi connectivity index (χ2v) is 4.89. The molecule has 0 atom stereocenters. The van der Waals surface area contributed by atoms with E-state index in [4.69, 9.17) is 5.73 Å². The summed E-state index contributed by atoms with van der Waals surface area (Å²) in [5, 5.41) is 3.30. The lowest BCUT2D eigenvalue weighted by Crippen LogP contribution is -2.00. The summed E-state index contributed by atoms with van der Waals surface area (Å²) in [6.07, 6.45) is 1.07. The van der Waals surface area contributed by atoms with Crippen molar-refractivity contribution in [1.82, 2.24) is 9.97 Å². The molecule has 4 nitrogen and oxygen atoms in total. The predicted octanol–water partition coefficient (Wildman–Crippen LogP) is 3.32. The summed E-state index contributed by atoms with van der Waals surface area (Å²) in [7, 11) is 0. The van der Waals surface area contributed by atoms with E-state index in [1.165, 1.54) is 11.1 Å².